The van der Waals surface area contributed by atoms with Gasteiger partial charge in [-0.2, -0.15) is 5.10 Å². The van der Waals surface area contributed by atoms with Gasteiger partial charge in [-0.1, -0.05) is 20.8 Å². The molecule has 0 saturated carbocycles. The number of hydrogen-bond donors (Lipinski definition) is 1. The largest absolute Gasteiger partial charge is 0.464 e. The van der Waals surface area contributed by atoms with Crippen LogP contribution in [0, 0.1) is 0 Å². The molecule has 0 aliphatic carbocycles. The van der Waals surface area contributed by atoms with E-state index in [-0.39, 0.29) is 29.6 Å². The smallest absolute Gasteiger partial charge is 0.329 e. The van der Waals surface area contributed by atoms with E-state index in [9.17, 15) is 9.59 Å². The molecule has 1 amide bonds. The first-order valence-corrected chi connectivity index (χ1v) is 7.24. The quantitative estimate of drug-likeness (QED) is 0.851. The fourth-order valence-corrected chi connectivity index (χ4v) is 2.76. The number of rotatable bonds is 3. The molecule has 116 valence electrons. The Balaban J connectivity index is 2.40. The third-order valence-electron chi connectivity index (χ3n) is 3.63. The SMILES string of the molecule is CCOC(=O)C1NC(=O)CC1c1cn(C)nc1C(C)(C)C. The predicted octanol–water partition coefficient (Wildman–Crippen LogP) is 1.25. The minimum absolute atomic E-state index is 0.123. The summed E-state index contributed by atoms with van der Waals surface area (Å²) in [7, 11) is 1.85. The fraction of sp³-hybridized carbons (Fsp3) is 0.667. The zero-order valence-electron chi connectivity index (χ0n) is 13.3. The van der Waals surface area contributed by atoms with Gasteiger partial charge in [0.05, 0.1) is 12.3 Å². The highest BCUT2D eigenvalue weighted by molar-refractivity contribution is 5.90. The van der Waals surface area contributed by atoms with Crippen LogP contribution in [0.3, 0.4) is 0 Å². The number of ether oxygens (including phenoxy) is 1. The Morgan fingerprint density at radius 2 is 2.19 bits per heavy atom. The number of hydrogen-bond acceptors (Lipinski definition) is 4. The van der Waals surface area contributed by atoms with Crippen LogP contribution in [0.25, 0.3) is 0 Å². The molecule has 2 rings (SSSR count). The molecule has 1 fully saturated rings. The van der Waals surface area contributed by atoms with Gasteiger partial charge in [0.15, 0.2) is 0 Å². The van der Waals surface area contributed by atoms with Gasteiger partial charge in [0.25, 0.3) is 0 Å². The second-order valence-corrected chi connectivity index (χ2v) is 6.46. The second-order valence-electron chi connectivity index (χ2n) is 6.46. The highest BCUT2D eigenvalue weighted by Crippen LogP contribution is 2.35. The zero-order chi connectivity index (χ0) is 15.8. The second kappa shape index (κ2) is 5.50. The van der Waals surface area contributed by atoms with Crippen LogP contribution in [0.1, 0.15) is 51.3 Å². The van der Waals surface area contributed by atoms with Crippen LogP contribution in [-0.2, 0) is 26.8 Å². The highest BCUT2D eigenvalue weighted by Gasteiger charge is 2.42. The van der Waals surface area contributed by atoms with Gasteiger partial charge in [-0.05, 0) is 6.92 Å². The molecule has 1 saturated heterocycles. The van der Waals surface area contributed by atoms with Crippen molar-refractivity contribution in [3.63, 3.8) is 0 Å². The van der Waals surface area contributed by atoms with E-state index in [1.54, 1.807) is 11.6 Å². The van der Waals surface area contributed by atoms with Crippen molar-refractivity contribution in [2.45, 2.75) is 51.5 Å². The van der Waals surface area contributed by atoms with Crippen molar-refractivity contribution < 1.29 is 14.3 Å². The molecule has 0 aromatic carbocycles. The molecule has 0 spiro atoms. The minimum atomic E-state index is -0.622. The maximum atomic E-state index is 12.1. The lowest BCUT2D eigenvalue weighted by molar-refractivity contribution is -0.146. The summed E-state index contributed by atoms with van der Waals surface area (Å²) in [5.74, 6) is -0.724. The summed E-state index contributed by atoms with van der Waals surface area (Å²) in [6.45, 7) is 8.28. The molecular weight excluding hydrogens is 270 g/mol. The van der Waals surface area contributed by atoms with E-state index in [0.29, 0.717) is 6.61 Å². The summed E-state index contributed by atoms with van der Waals surface area (Å²) in [5, 5.41) is 7.24. The van der Waals surface area contributed by atoms with Gasteiger partial charge in [-0.25, -0.2) is 4.79 Å². The average molecular weight is 293 g/mol. The van der Waals surface area contributed by atoms with Crippen molar-refractivity contribution in [2.75, 3.05) is 6.61 Å². The Bertz CT molecular complexity index is 557. The molecule has 2 heterocycles. The fourth-order valence-electron chi connectivity index (χ4n) is 2.76. The summed E-state index contributed by atoms with van der Waals surface area (Å²) in [4.78, 5) is 23.8. The van der Waals surface area contributed by atoms with E-state index in [1.807, 2.05) is 13.2 Å². The minimum Gasteiger partial charge on any atom is -0.464 e. The summed E-state index contributed by atoms with van der Waals surface area (Å²) in [6.07, 6.45) is 2.19. The van der Waals surface area contributed by atoms with Gasteiger partial charge in [0.2, 0.25) is 5.91 Å². The van der Waals surface area contributed by atoms with Crippen LogP contribution >= 0.6 is 0 Å². The Labute approximate surface area is 124 Å². The first kappa shape index (κ1) is 15.5. The van der Waals surface area contributed by atoms with E-state index >= 15 is 0 Å². The number of esters is 1. The van der Waals surface area contributed by atoms with Crippen LogP contribution in [0.2, 0.25) is 0 Å². The average Bonchev–Trinajstić information content (AvgIpc) is 2.92. The molecule has 0 radical (unpaired) electrons. The van der Waals surface area contributed by atoms with E-state index in [0.717, 1.165) is 11.3 Å². The molecule has 1 aliphatic heterocycles. The van der Waals surface area contributed by atoms with Gasteiger partial charge in [0, 0.05) is 36.6 Å². The van der Waals surface area contributed by atoms with Gasteiger partial charge in [0.1, 0.15) is 6.04 Å². The normalized spacial score (nSPS) is 22.2. The molecule has 2 atom stereocenters. The Kier molecular flexibility index (Phi) is 4.07. The molecule has 0 bridgehead atoms. The number of amides is 1. The molecule has 1 aliphatic rings. The maximum Gasteiger partial charge on any atom is 0.329 e. The summed E-state index contributed by atoms with van der Waals surface area (Å²) >= 11 is 0. The van der Waals surface area contributed by atoms with Crippen LogP contribution in [0.5, 0.6) is 0 Å². The molecule has 1 aromatic rings. The molecule has 1 N–H and O–H groups in total. The lowest BCUT2D eigenvalue weighted by Crippen LogP contribution is -2.38. The van der Waals surface area contributed by atoms with Crippen molar-refractivity contribution in [3.05, 3.63) is 17.5 Å². The zero-order valence-corrected chi connectivity index (χ0v) is 13.3. The predicted molar refractivity (Wildman–Crippen MR) is 77.8 cm³/mol. The summed E-state index contributed by atoms with van der Waals surface area (Å²) in [6, 6.07) is -0.622. The Morgan fingerprint density at radius 3 is 2.76 bits per heavy atom. The Hall–Kier alpha value is -1.85. The van der Waals surface area contributed by atoms with Crippen molar-refractivity contribution in [1.82, 2.24) is 15.1 Å². The van der Waals surface area contributed by atoms with Gasteiger partial charge in [-0.15, -0.1) is 0 Å². The number of nitrogens with zero attached hydrogens (tertiary/aromatic N) is 2. The van der Waals surface area contributed by atoms with Gasteiger partial charge >= 0.3 is 5.97 Å². The number of nitrogens with one attached hydrogen (secondary N) is 1. The maximum absolute atomic E-state index is 12.1. The van der Waals surface area contributed by atoms with E-state index in [1.165, 1.54) is 0 Å². The first-order valence-electron chi connectivity index (χ1n) is 7.24. The Morgan fingerprint density at radius 1 is 1.52 bits per heavy atom. The lowest BCUT2D eigenvalue weighted by Gasteiger charge is -2.22. The molecule has 6 nitrogen and oxygen atoms in total. The topological polar surface area (TPSA) is 73.2 Å². The lowest BCUT2D eigenvalue weighted by atomic mass is 9.83. The first-order chi connectivity index (χ1) is 9.74. The van der Waals surface area contributed by atoms with Crippen molar-refractivity contribution in [2.24, 2.45) is 7.05 Å². The van der Waals surface area contributed by atoms with Crippen LogP contribution in [-0.4, -0.2) is 34.3 Å². The van der Waals surface area contributed by atoms with Crippen LogP contribution < -0.4 is 5.32 Å². The summed E-state index contributed by atoms with van der Waals surface area (Å²) in [5.41, 5.74) is 1.71. The van der Waals surface area contributed by atoms with Gasteiger partial charge < -0.3 is 10.1 Å². The third-order valence-corrected chi connectivity index (χ3v) is 3.63. The molecule has 2 unspecified atom stereocenters. The number of carbonyl (C=O) groups is 2. The molecule has 21 heavy (non-hydrogen) atoms. The van der Waals surface area contributed by atoms with E-state index < -0.39 is 6.04 Å². The highest BCUT2D eigenvalue weighted by atomic mass is 16.5. The molecular formula is C15H23N3O3. The van der Waals surface area contributed by atoms with Crippen molar-refractivity contribution in [1.29, 1.82) is 0 Å². The van der Waals surface area contributed by atoms with Gasteiger partial charge in [-0.3, -0.25) is 9.48 Å². The van der Waals surface area contributed by atoms with Crippen LogP contribution in [0.15, 0.2) is 6.20 Å². The standard InChI is InChI=1S/C15H23N3O3/c1-6-21-14(20)12-9(7-11(19)16-12)10-8-18(5)17-13(10)15(2,3)4/h8-9,12H,6-7H2,1-5H3,(H,16,19). The number of aryl methyl sites for hydroxylation is 1. The number of aromatic nitrogens is 2. The third kappa shape index (κ3) is 3.09. The van der Waals surface area contributed by atoms with E-state index in [2.05, 4.69) is 31.2 Å². The van der Waals surface area contributed by atoms with Crippen molar-refractivity contribution >= 4 is 11.9 Å². The molecule has 6 heteroatoms. The number of carbonyl (C=O) groups excluding carboxylic acids is 2. The molecule has 1 aromatic heterocycles. The monoisotopic (exact) mass is 293 g/mol. The summed E-state index contributed by atoms with van der Waals surface area (Å²) < 4.78 is 6.81. The van der Waals surface area contributed by atoms with Crippen molar-refractivity contribution in [3.8, 4) is 0 Å². The van der Waals surface area contributed by atoms with Crippen LogP contribution in [0.4, 0.5) is 0 Å². The van der Waals surface area contributed by atoms with E-state index in [4.69, 9.17) is 4.74 Å².